The maximum absolute atomic E-state index is 12.1. The summed E-state index contributed by atoms with van der Waals surface area (Å²) >= 11 is 5.55. The van der Waals surface area contributed by atoms with Crippen LogP contribution in [0.1, 0.15) is 16.9 Å². The summed E-state index contributed by atoms with van der Waals surface area (Å²) in [6.45, 7) is 1.68. The first-order chi connectivity index (χ1) is 13.7. The molecule has 0 bridgehead atoms. The lowest BCUT2D eigenvalue weighted by Crippen LogP contribution is -2.43. The van der Waals surface area contributed by atoms with E-state index in [0.29, 0.717) is 30.5 Å². The Bertz CT molecular complexity index is 828. The monoisotopic (exact) mass is 394 g/mol. The zero-order valence-corrected chi connectivity index (χ0v) is 16.2. The van der Waals surface area contributed by atoms with Crippen LogP contribution in [0.5, 0.6) is 0 Å². The summed E-state index contributed by atoms with van der Waals surface area (Å²) in [5, 5.41) is 6.36. The van der Waals surface area contributed by atoms with Crippen LogP contribution in [-0.4, -0.2) is 27.4 Å². The van der Waals surface area contributed by atoms with E-state index in [9.17, 15) is 4.79 Å². The zero-order chi connectivity index (χ0) is 19.6. The molecule has 0 saturated carbocycles. The summed E-state index contributed by atoms with van der Waals surface area (Å²) in [5.41, 5.74) is 2.18. The van der Waals surface area contributed by atoms with Gasteiger partial charge in [-0.25, -0.2) is 0 Å². The van der Waals surface area contributed by atoms with Crippen molar-refractivity contribution in [2.24, 2.45) is 0 Å². The van der Waals surface area contributed by atoms with Gasteiger partial charge in [-0.3, -0.25) is 9.78 Å². The molecule has 0 radical (unpaired) electrons. The lowest BCUT2D eigenvalue weighted by Gasteiger charge is -2.26. The molecule has 0 saturated heterocycles. The highest BCUT2D eigenvalue weighted by Gasteiger charge is 2.13. The minimum atomic E-state index is -0.153. The van der Waals surface area contributed by atoms with E-state index < -0.39 is 0 Å². The number of hydrogen-bond acceptors (Lipinski definition) is 4. The van der Waals surface area contributed by atoms with E-state index in [2.05, 4.69) is 27.8 Å². The van der Waals surface area contributed by atoms with Gasteiger partial charge in [0, 0.05) is 25.5 Å². The second-order valence-corrected chi connectivity index (χ2v) is 6.60. The highest BCUT2D eigenvalue weighted by Crippen LogP contribution is 2.10. The molecule has 2 heterocycles. The molecule has 6 nitrogen and oxygen atoms in total. The predicted molar refractivity (Wildman–Crippen MR) is 111 cm³/mol. The molecule has 1 amide bonds. The fourth-order valence-electron chi connectivity index (χ4n) is 2.64. The third-order valence-corrected chi connectivity index (χ3v) is 4.44. The van der Waals surface area contributed by atoms with E-state index in [1.54, 1.807) is 18.5 Å². The molecule has 1 aromatic carbocycles. The second-order valence-electron chi connectivity index (χ2n) is 6.22. The third kappa shape index (κ3) is 6.21. The summed E-state index contributed by atoms with van der Waals surface area (Å²) in [4.78, 5) is 18.3. The first-order valence-corrected chi connectivity index (χ1v) is 9.36. The van der Waals surface area contributed by atoms with Gasteiger partial charge in [0.2, 0.25) is 5.91 Å². The Hall–Kier alpha value is -3.19. The Morgan fingerprint density at radius 3 is 2.50 bits per heavy atom. The predicted octanol–water partition coefficient (Wildman–Crippen LogP) is 2.87. The summed E-state index contributed by atoms with van der Waals surface area (Å²) in [6.07, 6.45) is 5.14. The number of nitrogens with one attached hydrogen (secondary N) is 2. The molecule has 0 atom stereocenters. The number of rotatable bonds is 8. The van der Waals surface area contributed by atoms with Crippen LogP contribution < -0.4 is 10.6 Å². The Morgan fingerprint density at radius 1 is 1.00 bits per heavy atom. The van der Waals surface area contributed by atoms with Crippen molar-refractivity contribution in [3.05, 3.63) is 90.1 Å². The van der Waals surface area contributed by atoms with Crippen LogP contribution in [-0.2, 0) is 24.4 Å². The molecule has 7 heteroatoms. The van der Waals surface area contributed by atoms with Crippen molar-refractivity contribution < 1.29 is 9.21 Å². The Morgan fingerprint density at radius 2 is 1.79 bits per heavy atom. The van der Waals surface area contributed by atoms with Crippen LogP contribution in [0.25, 0.3) is 0 Å². The number of aromatic nitrogens is 1. The van der Waals surface area contributed by atoms with Gasteiger partial charge >= 0.3 is 0 Å². The topological polar surface area (TPSA) is 70.4 Å². The first kappa shape index (κ1) is 19.6. The molecule has 28 heavy (non-hydrogen) atoms. The average Bonchev–Trinajstić information content (AvgIpc) is 3.25. The van der Waals surface area contributed by atoms with Crippen LogP contribution in [0.2, 0.25) is 0 Å². The van der Waals surface area contributed by atoms with E-state index in [1.807, 2.05) is 47.5 Å². The molecule has 144 valence electrons. The molecule has 0 aliphatic heterocycles. The standard InChI is InChI=1S/C21H22N4O2S/c26-20(23-13-19-9-5-11-27-19)14-24-21(28)25(15-17-6-2-1-3-7-17)16-18-8-4-10-22-12-18/h1-12H,13-16H2,(H,23,26)(H,24,28). The molecule has 0 aliphatic rings. The van der Waals surface area contributed by atoms with Gasteiger partial charge in [-0.1, -0.05) is 36.4 Å². The molecular weight excluding hydrogens is 372 g/mol. The minimum absolute atomic E-state index is 0.0951. The fourth-order valence-corrected chi connectivity index (χ4v) is 2.85. The number of nitrogens with zero attached hydrogens (tertiary/aromatic N) is 2. The van der Waals surface area contributed by atoms with Gasteiger partial charge < -0.3 is 20.0 Å². The van der Waals surface area contributed by atoms with Crippen LogP contribution in [0.3, 0.4) is 0 Å². The lowest BCUT2D eigenvalue weighted by atomic mass is 10.2. The van der Waals surface area contributed by atoms with Crippen LogP contribution >= 0.6 is 12.2 Å². The number of carbonyl (C=O) groups excluding carboxylic acids is 1. The van der Waals surface area contributed by atoms with Gasteiger partial charge in [0.25, 0.3) is 0 Å². The van der Waals surface area contributed by atoms with E-state index in [1.165, 1.54) is 0 Å². The quantitative estimate of drug-likeness (QED) is 0.573. The maximum atomic E-state index is 12.1. The molecule has 3 rings (SSSR count). The van der Waals surface area contributed by atoms with Gasteiger partial charge in [0.15, 0.2) is 5.11 Å². The van der Waals surface area contributed by atoms with Crippen molar-refractivity contribution in [2.45, 2.75) is 19.6 Å². The van der Waals surface area contributed by atoms with Gasteiger partial charge in [-0.05, 0) is 41.5 Å². The number of benzene rings is 1. The van der Waals surface area contributed by atoms with Crippen LogP contribution in [0, 0.1) is 0 Å². The van der Waals surface area contributed by atoms with E-state index in [0.717, 1.165) is 11.1 Å². The largest absolute Gasteiger partial charge is 0.467 e. The molecular formula is C21H22N4O2S. The second kappa shape index (κ2) is 10.2. The smallest absolute Gasteiger partial charge is 0.239 e. The van der Waals surface area contributed by atoms with Crippen molar-refractivity contribution in [1.29, 1.82) is 0 Å². The number of thiocarbonyl (C=S) groups is 1. The van der Waals surface area contributed by atoms with Gasteiger partial charge in [0.1, 0.15) is 5.76 Å². The van der Waals surface area contributed by atoms with Crippen molar-refractivity contribution in [2.75, 3.05) is 6.54 Å². The summed E-state index contributed by atoms with van der Waals surface area (Å²) < 4.78 is 5.21. The highest BCUT2D eigenvalue weighted by molar-refractivity contribution is 7.80. The summed E-state index contributed by atoms with van der Waals surface area (Å²) in [6, 6.07) is 17.6. The number of hydrogen-bond donors (Lipinski definition) is 2. The van der Waals surface area contributed by atoms with E-state index in [4.69, 9.17) is 16.6 Å². The maximum Gasteiger partial charge on any atom is 0.239 e. The van der Waals surface area contributed by atoms with Crippen LogP contribution in [0.15, 0.2) is 77.7 Å². The summed E-state index contributed by atoms with van der Waals surface area (Å²) in [5.74, 6) is 0.554. The molecule has 0 fully saturated rings. The third-order valence-electron chi connectivity index (χ3n) is 4.04. The minimum Gasteiger partial charge on any atom is -0.467 e. The number of carbonyl (C=O) groups is 1. The van der Waals surface area contributed by atoms with Gasteiger partial charge in [-0.15, -0.1) is 0 Å². The van der Waals surface area contributed by atoms with Crippen LogP contribution in [0.4, 0.5) is 0 Å². The SMILES string of the molecule is O=C(CNC(=S)N(Cc1ccccc1)Cc1cccnc1)NCc1ccco1. The van der Waals surface area contributed by atoms with Gasteiger partial charge in [0.05, 0.1) is 19.4 Å². The first-order valence-electron chi connectivity index (χ1n) is 8.95. The number of amides is 1. The van der Waals surface area contributed by atoms with Gasteiger partial charge in [-0.2, -0.15) is 0 Å². The molecule has 2 aromatic heterocycles. The molecule has 0 unspecified atom stereocenters. The zero-order valence-electron chi connectivity index (χ0n) is 15.4. The summed E-state index contributed by atoms with van der Waals surface area (Å²) in [7, 11) is 0. The van der Waals surface area contributed by atoms with Crippen molar-refractivity contribution in [3.63, 3.8) is 0 Å². The fraction of sp³-hybridized carbons (Fsp3) is 0.190. The molecule has 0 aliphatic carbocycles. The molecule has 2 N–H and O–H groups in total. The molecule has 3 aromatic rings. The Balaban J connectivity index is 1.56. The molecule has 0 spiro atoms. The van der Waals surface area contributed by atoms with E-state index >= 15 is 0 Å². The van der Waals surface area contributed by atoms with Crippen molar-refractivity contribution in [3.8, 4) is 0 Å². The number of furan rings is 1. The normalized spacial score (nSPS) is 10.3. The highest BCUT2D eigenvalue weighted by atomic mass is 32.1. The Labute approximate surface area is 169 Å². The number of pyridine rings is 1. The van der Waals surface area contributed by atoms with Crippen molar-refractivity contribution >= 4 is 23.2 Å². The lowest BCUT2D eigenvalue weighted by molar-refractivity contribution is -0.120. The average molecular weight is 395 g/mol. The van der Waals surface area contributed by atoms with Crippen molar-refractivity contribution in [1.82, 2.24) is 20.5 Å². The Kier molecular flexibility index (Phi) is 7.14. The van der Waals surface area contributed by atoms with E-state index in [-0.39, 0.29) is 12.5 Å².